The van der Waals surface area contributed by atoms with Crippen molar-refractivity contribution < 1.29 is 14.3 Å². The molecule has 0 aromatic rings. The Morgan fingerprint density at radius 3 is 2.71 bits per heavy atom. The number of hydrogen-bond donors (Lipinski definition) is 0. The minimum absolute atomic E-state index is 0.150. The lowest BCUT2D eigenvalue weighted by Gasteiger charge is -2.24. The molecule has 1 rings (SSSR count). The van der Waals surface area contributed by atoms with Gasteiger partial charge in [0.1, 0.15) is 0 Å². The molecule has 2 atom stereocenters. The fraction of sp³-hybridized carbons (Fsp3) is 0.800. The Morgan fingerprint density at radius 1 is 1.71 bits per heavy atom. The first-order valence-corrected chi connectivity index (χ1v) is 5.05. The summed E-state index contributed by atoms with van der Waals surface area (Å²) >= 11 is 0. The Bertz CT molecular complexity index is 262. The lowest BCUT2D eigenvalue weighted by atomic mass is 9.90. The van der Waals surface area contributed by atoms with Crippen LogP contribution in [0, 0.1) is 11.1 Å². The van der Waals surface area contributed by atoms with Gasteiger partial charge in [0, 0.05) is 18.8 Å². The fourth-order valence-electron chi connectivity index (χ4n) is 1.93. The number of hydrogen-bond acceptors (Lipinski definition) is 3. The van der Waals surface area contributed by atoms with Gasteiger partial charge in [-0.2, -0.15) is 4.74 Å². The zero-order valence-corrected chi connectivity index (χ0v) is 8.95. The maximum Gasteiger partial charge on any atom is 0.379 e. The second kappa shape index (κ2) is 3.98. The van der Waals surface area contributed by atoms with E-state index < -0.39 is 11.5 Å². The van der Waals surface area contributed by atoms with Gasteiger partial charge in [-0.3, -0.25) is 0 Å². The average molecular weight is 199 g/mol. The first kappa shape index (κ1) is 11.0. The second-order valence-corrected chi connectivity index (χ2v) is 3.76. The van der Waals surface area contributed by atoms with Crippen LogP contribution in [0.15, 0.2) is 0 Å². The van der Waals surface area contributed by atoms with Gasteiger partial charge in [0.25, 0.3) is 5.54 Å². The van der Waals surface area contributed by atoms with E-state index in [1.165, 1.54) is 0 Å². The Hall–Kier alpha value is -1.06. The van der Waals surface area contributed by atoms with Gasteiger partial charge < -0.3 is 9.94 Å². The van der Waals surface area contributed by atoms with Gasteiger partial charge >= 0.3 is 5.97 Å². The van der Waals surface area contributed by atoms with Crippen LogP contribution in [-0.2, 0) is 9.53 Å². The van der Waals surface area contributed by atoms with Crippen molar-refractivity contribution in [1.29, 1.82) is 0 Å². The predicted molar refractivity (Wildman–Crippen MR) is 53.1 cm³/mol. The van der Waals surface area contributed by atoms with Crippen LogP contribution in [0.4, 0.5) is 0 Å². The van der Waals surface area contributed by atoms with Gasteiger partial charge in [-0.25, -0.2) is 4.79 Å². The van der Waals surface area contributed by atoms with Crippen molar-refractivity contribution in [2.75, 3.05) is 6.61 Å². The molecule has 14 heavy (non-hydrogen) atoms. The highest BCUT2D eigenvalue weighted by molar-refractivity contribution is 5.82. The number of carbonyl (C=O) groups is 1. The number of esters is 1. The third-order valence-corrected chi connectivity index (χ3v) is 2.71. The van der Waals surface area contributed by atoms with Crippen LogP contribution >= 0.6 is 0 Å². The molecule has 0 aromatic carbocycles. The molecule has 4 nitrogen and oxygen atoms in total. The van der Waals surface area contributed by atoms with Crippen LogP contribution < -0.4 is 0 Å². The summed E-state index contributed by atoms with van der Waals surface area (Å²) < 4.78 is 5.71. The molecule has 4 heteroatoms. The van der Waals surface area contributed by atoms with E-state index in [9.17, 15) is 10.0 Å². The van der Waals surface area contributed by atoms with Gasteiger partial charge in [0.05, 0.1) is 6.61 Å². The maximum atomic E-state index is 11.7. The standard InChI is InChI=1S/C10H17NO3/c1-4-10(9(12)14-5-2)6-8(3)7-11(10)13/h7-8H,4-6H2,1-3H3/t8-,10+/m0/s1. The summed E-state index contributed by atoms with van der Waals surface area (Å²) in [6, 6.07) is 0. The number of hydroxylamine groups is 1. The largest absolute Gasteiger partial charge is 0.623 e. The molecule has 0 bridgehead atoms. The van der Waals surface area contributed by atoms with E-state index in [4.69, 9.17) is 4.74 Å². The molecule has 0 spiro atoms. The van der Waals surface area contributed by atoms with E-state index in [-0.39, 0.29) is 5.92 Å². The minimum Gasteiger partial charge on any atom is -0.623 e. The molecule has 0 saturated carbocycles. The van der Waals surface area contributed by atoms with E-state index in [1.807, 2.05) is 13.8 Å². The highest BCUT2D eigenvalue weighted by Gasteiger charge is 2.51. The quantitative estimate of drug-likeness (QED) is 0.391. The van der Waals surface area contributed by atoms with Crippen molar-refractivity contribution in [1.82, 2.24) is 0 Å². The molecule has 1 heterocycles. The third-order valence-electron chi connectivity index (χ3n) is 2.71. The molecule has 1 aliphatic heterocycles. The highest BCUT2D eigenvalue weighted by atomic mass is 16.5. The van der Waals surface area contributed by atoms with Crippen LogP contribution in [0.2, 0.25) is 0 Å². The summed E-state index contributed by atoms with van der Waals surface area (Å²) in [6.07, 6.45) is 2.61. The molecule has 0 saturated heterocycles. The Kier molecular flexibility index (Phi) is 3.13. The second-order valence-electron chi connectivity index (χ2n) is 3.76. The lowest BCUT2D eigenvalue weighted by Crippen LogP contribution is -2.45. The maximum absolute atomic E-state index is 11.7. The van der Waals surface area contributed by atoms with Crippen molar-refractivity contribution in [2.24, 2.45) is 5.92 Å². The molecule has 0 radical (unpaired) electrons. The van der Waals surface area contributed by atoms with Crippen LogP contribution in [0.1, 0.15) is 33.6 Å². The number of rotatable bonds is 3. The summed E-state index contributed by atoms with van der Waals surface area (Å²) in [7, 11) is 0. The average Bonchev–Trinajstić information content (AvgIpc) is 2.42. The van der Waals surface area contributed by atoms with Gasteiger partial charge in [-0.15, -0.1) is 0 Å². The van der Waals surface area contributed by atoms with Crippen molar-refractivity contribution in [3.8, 4) is 0 Å². The fourth-order valence-corrected chi connectivity index (χ4v) is 1.93. The zero-order chi connectivity index (χ0) is 10.8. The van der Waals surface area contributed by atoms with E-state index in [2.05, 4.69) is 0 Å². The highest BCUT2D eigenvalue weighted by Crippen LogP contribution is 2.30. The molecule has 0 fully saturated rings. The molecular formula is C10H17NO3. The van der Waals surface area contributed by atoms with Gasteiger partial charge in [0.15, 0.2) is 6.21 Å². The molecule has 0 unspecified atom stereocenters. The third kappa shape index (κ3) is 1.61. The first-order chi connectivity index (χ1) is 6.56. The zero-order valence-electron chi connectivity index (χ0n) is 8.95. The first-order valence-electron chi connectivity index (χ1n) is 5.05. The molecular weight excluding hydrogens is 182 g/mol. The molecule has 0 aliphatic carbocycles. The SMILES string of the molecule is CCOC(=O)[C@@]1(CC)C[C@H](C)C=[N+]1[O-]. The van der Waals surface area contributed by atoms with E-state index in [1.54, 1.807) is 13.1 Å². The summed E-state index contributed by atoms with van der Waals surface area (Å²) in [5, 5.41) is 11.6. The molecule has 1 aliphatic rings. The van der Waals surface area contributed by atoms with Gasteiger partial charge in [-0.1, -0.05) is 13.8 Å². The van der Waals surface area contributed by atoms with Crippen LogP contribution in [0.5, 0.6) is 0 Å². The van der Waals surface area contributed by atoms with Crippen molar-refractivity contribution in [2.45, 2.75) is 39.2 Å². The minimum atomic E-state index is -0.963. The lowest BCUT2D eigenvalue weighted by molar-refractivity contribution is -0.523. The monoisotopic (exact) mass is 199 g/mol. The molecule has 0 aromatic heterocycles. The summed E-state index contributed by atoms with van der Waals surface area (Å²) in [5.74, 6) is -0.241. The normalized spacial score (nSPS) is 31.4. The van der Waals surface area contributed by atoms with Crippen molar-refractivity contribution in [3.63, 3.8) is 0 Å². The van der Waals surface area contributed by atoms with Crippen LogP contribution in [-0.4, -0.2) is 29.1 Å². The summed E-state index contributed by atoms with van der Waals surface area (Å²) in [5.41, 5.74) is -0.963. The Morgan fingerprint density at radius 2 is 2.36 bits per heavy atom. The van der Waals surface area contributed by atoms with Gasteiger partial charge in [0.2, 0.25) is 0 Å². The Labute approximate surface area is 84.1 Å². The van der Waals surface area contributed by atoms with Gasteiger partial charge in [-0.05, 0) is 6.92 Å². The molecule has 80 valence electrons. The molecule has 0 N–H and O–H groups in total. The number of nitrogens with zero attached hydrogens (tertiary/aromatic N) is 1. The number of ether oxygens (including phenoxy) is 1. The van der Waals surface area contributed by atoms with Crippen LogP contribution in [0.3, 0.4) is 0 Å². The smallest absolute Gasteiger partial charge is 0.379 e. The summed E-state index contributed by atoms with van der Waals surface area (Å²) in [4.78, 5) is 11.7. The Balaban J connectivity index is 2.88. The number of carbonyl (C=O) groups excluding carboxylic acids is 1. The van der Waals surface area contributed by atoms with Crippen molar-refractivity contribution in [3.05, 3.63) is 5.21 Å². The van der Waals surface area contributed by atoms with E-state index >= 15 is 0 Å². The summed E-state index contributed by atoms with van der Waals surface area (Å²) in [6.45, 7) is 5.84. The topological polar surface area (TPSA) is 52.4 Å². The predicted octanol–water partition coefficient (Wildman–Crippen LogP) is 1.32. The van der Waals surface area contributed by atoms with Crippen molar-refractivity contribution >= 4 is 12.2 Å². The van der Waals surface area contributed by atoms with Crippen LogP contribution in [0.25, 0.3) is 0 Å². The van der Waals surface area contributed by atoms with E-state index in [0.717, 1.165) is 4.74 Å². The van der Waals surface area contributed by atoms with E-state index in [0.29, 0.717) is 19.4 Å². The molecule has 0 amide bonds.